The highest BCUT2D eigenvalue weighted by atomic mass is 16.4. The van der Waals surface area contributed by atoms with Gasteiger partial charge in [0.1, 0.15) is 0 Å². The first-order chi connectivity index (χ1) is 10.6. The Morgan fingerprint density at radius 2 is 1.36 bits per heavy atom. The molecule has 22 heavy (non-hydrogen) atoms. The van der Waals surface area contributed by atoms with Crippen molar-refractivity contribution in [2.24, 2.45) is 5.41 Å². The number of benzene rings is 2. The van der Waals surface area contributed by atoms with Crippen molar-refractivity contribution in [2.75, 3.05) is 0 Å². The molecule has 2 aromatic rings. The van der Waals surface area contributed by atoms with Crippen LogP contribution in [0.2, 0.25) is 0 Å². The first kappa shape index (κ1) is 16.3. The Balaban J connectivity index is 2.10. The highest BCUT2D eigenvalue weighted by molar-refractivity contribution is 5.66. The molecule has 0 bridgehead atoms. The Labute approximate surface area is 132 Å². The van der Waals surface area contributed by atoms with Gasteiger partial charge in [0.25, 0.3) is 0 Å². The van der Waals surface area contributed by atoms with Crippen LogP contribution in [-0.4, -0.2) is 11.1 Å². The van der Waals surface area contributed by atoms with Gasteiger partial charge in [0.15, 0.2) is 0 Å². The largest absolute Gasteiger partial charge is 0.481 e. The van der Waals surface area contributed by atoms with Crippen LogP contribution >= 0.6 is 0 Å². The lowest BCUT2D eigenvalue weighted by atomic mass is 9.75. The molecule has 2 nitrogen and oxygen atoms in total. The van der Waals surface area contributed by atoms with E-state index in [0.29, 0.717) is 0 Å². The molecule has 0 radical (unpaired) electrons. The van der Waals surface area contributed by atoms with E-state index in [1.54, 1.807) is 0 Å². The third kappa shape index (κ3) is 5.36. The number of carboxylic acid groups (broad SMARTS) is 1. The van der Waals surface area contributed by atoms with Gasteiger partial charge in [-0.05, 0) is 42.2 Å². The Kier molecular flexibility index (Phi) is 5.76. The van der Waals surface area contributed by atoms with Crippen molar-refractivity contribution in [3.8, 4) is 0 Å². The zero-order chi connectivity index (χ0) is 15.8. The minimum atomic E-state index is -0.707. The average Bonchev–Trinajstić information content (AvgIpc) is 2.48. The quantitative estimate of drug-likeness (QED) is 0.764. The number of hydrogen-bond acceptors (Lipinski definition) is 1. The first-order valence-electron chi connectivity index (χ1n) is 7.87. The fourth-order valence-electron chi connectivity index (χ4n) is 3.08. The van der Waals surface area contributed by atoms with Gasteiger partial charge in [-0.3, -0.25) is 4.79 Å². The van der Waals surface area contributed by atoms with Crippen molar-refractivity contribution in [3.05, 3.63) is 71.8 Å². The molecule has 0 aromatic heterocycles. The monoisotopic (exact) mass is 296 g/mol. The Bertz CT molecular complexity index is 534. The van der Waals surface area contributed by atoms with Gasteiger partial charge in [-0.15, -0.1) is 0 Å². The maximum Gasteiger partial charge on any atom is 0.303 e. The van der Waals surface area contributed by atoms with Crippen LogP contribution in [0, 0.1) is 5.41 Å². The fraction of sp³-hybridized carbons (Fsp3) is 0.350. The van der Waals surface area contributed by atoms with Crippen LogP contribution < -0.4 is 0 Å². The van der Waals surface area contributed by atoms with E-state index < -0.39 is 5.97 Å². The van der Waals surface area contributed by atoms with E-state index in [2.05, 4.69) is 55.5 Å². The van der Waals surface area contributed by atoms with E-state index in [1.807, 2.05) is 12.1 Å². The molecule has 0 amide bonds. The van der Waals surface area contributed by atoms with Gasteiger partial charge in [-0.25, -0.2) is 0 Å². The van der Waals surface area contributed by atoms with Crippen molar-refractivity contribution >= 4 is 5.97 Å². The van der Waals surface area contributed by atoms with E-state index in [0.717, 1.165) is 25.7 Å². The molecular formula is C20H24O2. The molecule has 0 unspecified atom stereocenters. The second kappa shape index (κ2) is 7.79. The van der Waals surface area contributed by atoms with Crippen molar-refractivity contribution in [1.82, 2.24) is 0 Å². The lowest BCUT2D eigenvalue weighted by Gasteiger charge is -2.30. The van der Waals surface area contributed by atoms with Gasteiger partial charge >= 0.3 is 5.97 Å². The van der Waals surface area contributed by atoms with Gasteiger partial charge in [0.2, 0.25) is 0 Å². The van der Waals surface area contributed by atoms with Crippen molar-refractivity contribution < 1.29 is 9.90 Å². The van der Waals surface area contributed by atoms with Crippen LogP contribution in [0.1, 0.15) is 37.3 Å². The third-order valence-electron chi connectivity index (χ3n) is 4.12. The van der Waals surface area contributed by atoms with Crippen molar-refractivity contribution in [1.29, 1.82) is 0 Å². The second-order valence-corrected chi connectivity index (χ2v) is 6.38. The number of rotatable bonds is 8. The molecule has 0 saturated carbocycles. The van der Waals surface area contributed by atoms with Crippen LogP contribution in [0.15, 0.2) is 60.7 Å². The molecule has 0 aliphatic carbocycles. The van der Waals surface area contributed by atoms with E-state index >= 15 is 0 Å². The molecule has 116 valence electrons. The molecule has 0 heterocycles. The van der Waals surface area contributed by atoms with Crippen molar-refractivity contribution in [2.45, 2.75) is 39.0 Å². The van der Waals surface area contributed by atoms with Crippen LogP contribution in [0.25, 0.3) is 0 Å². The minimum absolute atomic E-state index is 0.0815. The zero-order valence-corrected chi connectivity index (χ0v) is 13.2. The van der Waals surface area contributed by atoms with E-state index in [4.69, 9.17) is 5.11 Å². The smallest absolute Gasteiger partial charge is 0.303 e. The van der Waals surface area contributed by atoms with Gasteiger partial charge in [0.05, 0.1) is 0 Å². The Hall–Kier alpha value is -2.09. The maximum absolute atomic E-state index is 10.8. The SMILES string of the molecule is CC(CCCC(=O)O)(Cc1ccccc1)Cc1ccccc1. The van der Waals surface area contributed by atoms with E-state index in [1.165, 1.54) is 11.1 Å². The summed E-state index contributed by atoms with van der Waals surface area (Å²) < 4.78 is 0. The van der Waals surface area contributed by atoms with Crippen LogP contribution in [0.4, 0.5) is 0 Å². The van der Waals surface area contributed by atoms with Gasteiger partial charge in [-0.1, -0.05) is 67.6 Å². The highest BCUT2D eigenvalue weighted by Gasteiger charge is 2.25. The summed E-state index contributed by atoms with van der Waals surface area (Å²) in [5.41, 5.74) is 2.71. The van der Waals surface area contributed by atoms with E-state index in [9.17, 15) is 4.79 Å². The molecule has 2 heteroatoms. The van der Waals surface area contributed by atoms with Gasteiger partial charge < -0.3 is 5.11 Å². The number of aliphatic carboxylic acids is 1. The summed E-state index contributed by atoms with van der Waals surface area (Å²) in [4.78, 5) is 10.8. The van der Waals surface area contributed by atoms with Crippen LogP contribution in [0.5, 0.6) is 0 Å². The predicted octanol–water partition coefficient (Wildman–Crippen LogP) is 4.73. The maximum atomic E-state index is 10.8. The molecular weight excluding hydrogens is 272 g/mol. The summed E-state index contributed by atoms with van der Waals surface area (Å²) in [6.45, 7) is 2.27. The summed E-state index contributed by atoms with van der Waals surface area (Å²) in [6, 6.07) is 20.9. The fourth-order valence-corrected chi connectivity index (χ4v) is 3.08. The van der Waals surface area contributed by atoms with Crippen LogP contribution in [-0.2, 0) is 17.6 Å². The molecule has 1 N–H and O–H groups in total. The molecule has 0 atom stereocenters. The highest BCUT2D eigenvalue weighted by Crippen LogP contribution is 2.33. The standard InChI is InChI=1S/C20H24O2/c1-20(14-8-13-19(21)22,15-17-9-4-2-5-10-17)16-18-11-6-3-7-12-18/h2-7,9-12H,8,13-16H2,1H3,(H,21,22). The zero-order valence-electron chi connectivity index (χ0n) is 13.2. The first-order valence-corrected chi connectivity index (χ1v) is 7.87. The molecule has 2 rings (SSSR count). The number of hydrogen-bond donors (Lipinski definition) is 1. The van der Waals surface area contributed by atoms with Crippen molar-refractivity contribution in [3.63, 3.8) is 0 Å². The molecule has 0 fully saturated rings. The average molecular weight is 296 g/mol. The summed E-state index contributed by atoms with van der Waals surface area (Å²) in [7, 11) is 0. The van der Waals surface area contributed by atoms with E-state index in [-0.39, 0.29) is 11.8 Å². The van der Waals surface area contributed by atoms with Crippen LogP contribution in [0.3, 0.4) is 0 Å². The summed E-state index contributed by atoms with van der Waals surface area (Å²) in [6.07, 6.45) is 3.85. The molecule has 0 spiro atoms. The molecule has 0 saturated heterocycles. The summed E-state index contributed by atoms with van der Waals surface area (Å²) >= 11 is 0. The normalized spacial score (nSPS) is 11.3. The number of carboxylic acids is 1. The predicted molar refractivity (Wildman–Crippen MR) is 89.9 cm³/mol. The Morgan fingerprint density at radius 3 is 1.77 bits per heavy atom. The minimum Gasteiger partial charge on any atom is -0.481 e. The topological polar surface area (TPSA) is 37.3 Å². The molecule has 0 aliphatic rings. The number of carbonyl (C=O) groups is 1. The molecule has 0 aliphatic heterocycles. The third-order valence-corrected chi connectivity index (χ3v) is 4.12. The van der Waals surface area contributed by atoms with Gasteiger partial charge in [0, 0.05) is 6.42 Å². The summed E-state index contributed by atoms with van der Waals surface area (Å²) in [5, 5.41) is 8.89. The second-order valence-electron chi connectivity index (χ2n) is 6.38. The molecule has 2 aromatic carbocycles. The lowest BCUT2D eigenvalue weighted by molar-refractivity contribution is -0.137. The van der Waals surface area contributed by atoms with Gasteiger partial charge in [-0.2, -0.15) is 0 Å². The lowest BCUT2D eigenvalue weighted by Crippen LogP contribution is -2.23. The Morgan fingerprint density at radius 1 is 0.909 bits per heavy atom. The summed E-state index contributed by atoms with van der Waals surface area (Å²) in [5.74, 6) is -0.707.